The largest absolute Gasteiger partial charge is 0.395 e. The standard InChI is InChI=1S/C12H16ClNO3S/c1-9-4-5-12(11(13)7-9)18(16,17)14-6-2-3-10(14)8-15/h4-5,7,10,15H,2-3,6,8H2,1H3/t10-/m0/s1. The highest BCUT2D eigenvalue weighted by Gasteiger charge is 2.35. The highest BCUT2D eigenvalue weighted by Crippen LogP contribution is 2.30. The van der Waals surface area contributed by atoms with Crippen LogP contribution in [0.25, 0.3) is 0 Å². The topological polar surface area (TPSA) is 57.6 Å². The smallest absolute Gasteiger partial charge is 0.244 e. The SMILES string of the molecule is Cc1ccc(S(=O)(=O)N2CCC[C@H]2CO)c(Cl)c1. The second-order valence-corrected chi connectivity index (χ2v) is 6.79. The third-order valence-electron chi connectivity index (χ3n) is 3.21. The minimum Gasteiger partial charge on any atom is -0.395 e. The Labute approximate surface area is 112 Å². The average Bonchev–Trinajstić information content (AvgIpc) is 2.76. The Balaban J connectivity index is 2.42. The summed E-state index contributed by atoms with van der Waals surface area (Å²) in [5.41, 5.74) is 0.916. The van der Waals surface area contributed by atoms with Gasteiger partial charge in [-0.25, -0.2) is 8.42 Å². The summed E-state index contributed by atoms with van der Waals surface area (Å²) in [5.74, 6) is 0. The lowest BCUT2D eigenvalue weighted by Crippen LogP contribution is -2.37. The second kappa shape index (κ2) is 5.17. The van der Waals surface area contributed by atoms with Crippen molar-refractivity contribution in [2.75, 3.05) is 13.2 Å². The molecule has 1 heterocycles. The van der Waals surface area contributed by atoms with Crippen LogP contribution in [0.1, 0.15) is 18.4 Å². The molecule has 1 atom stereocenters. The molecule has 1 aliphatic rings. The molecule has 6 heteroatoms. The van der Waals surface area contributed by atoms with Crippen molar-refractivity contribution in [1.29, 1.82) is 0 Å². The lowest BCUT2D eigenvalue weighted by Gasteiger charge is -2.23. The third-order valence-corrected chi connectivity index (χ3v) is 5.64. The normalized spacial score (nSPS) is 21.4. The first-order valence-corrected chi connectivity index (χ1v) is 7.67. The Hall–Kier alpha value is -0.620. The number of hydrogen-bond donors (Lipinski definition) is 1. The van der Waals surface area contributed by atoms with Crippen LogP contribution < -0.4 is 0 Å². The summed E-state index contributed by atoms with van der Waals surface area (Å²) < 4.78 is 26.3. The maximum atomic E-state index is 12.5. The van der Waals surface area contributed by atoms with Crippen LogP contribution in [-0.4, -0.2) is 37.0 Å². The van der Waals surface area contributed by atoms with E-state index >= 15 is 0 Å². The number of rotatable bonds is 3. The zero-order chi connectivity index (χ0) is 13.3. The van der Waals surface area contributed by atoms with E-state index in [1.807, 2.05) is 6.92 Å². The summed E-state index contributed by atoms with van der Waals surface area (Å²) in [7, 11) is -3.61. The number of halogens is 1. The number of benzene rings is 1. The van der Waals surface area contributed by atoms with E-state index in [0.29, 0.717) is 13.0 Å². The quantitative estimate of drug-likeness (QED) is 0.923. The van der Waals surface area contributed by atoms with Gasteiger partial charge in [0.1, 0.15) is 4.90 Å². The van der Waals surface area contributed by atoms with Crippen molar-refractivity contribution in [3.05, 3.63) is 28.8 Å². The third kappa shape index (κ3) is 2.40. The van der Waals surface area contributed by atoms with Crippen molar-refractivity contribution < 1.29 is 13.5 Å². The fourth-order valence-corrected chi connectivity index (χ4v) is 4.51. The summed E-state index contributed by atoms with van der Waals surface area (Å²) in [6.07, 6.45) is 1.47. The number of aryl methyl sites for hydroxylation is 1. The van der Waals surface area contributed by atoms with E-state index in [9.17, 15) is 13.5 Å². The second-order valence-electron chi connectivity index (χ2n) is 4.53. The molecule has 1 N–H and O–H groups in total. The van der Waals surface area contributed by atoms with E-state index in [4.69, 9.17) is 11.6 Å². The van der Waals surface area contributed by atoms with Crippen molar-refractivity contribution in [3.8, 4) is 0 Å². The molecular weight excluding hydrogens is 274 g/mol. The molecular formula is C12H16ClNO3S. The predicted molar refractivity (Wildman–Crippen MR) is 70.2 cm³/mol. The van der Waals surface area contributed by atoms with Crippen LogP contribution in [-0.2, 0) is 10.0 Å². The molecule has 100 valence electrons. The molecule has 0 radical (unpaired) electrons. The van der Waals surface area contributed by atoms with Crippen molar-refractivity contribution in [2.24, 2.45) is 0 Å². The van der Waals surface area contributed by atoms with Gasteiger partial charge in [-0.1, -0.05) is 17.7 Å². The zero-order valence-corrected chi connectivity index (χ0v) is 11.7. The monoisotopic (exact) mass is 289 g/mol. The van der Waals surface area contributed by atoms with Gasteiger partial charge in [-0.2, -0.15) is 4.31 Å². The van der Waals surface area contributed by atoms with Crippen LogP contribution >= 0.6 is 11.6 Å². The number of nitrogens with zero attached hydrogens (tertiary/aromatic N) is 1. The molecule has 4 nitrogen and oxygen atoms in total. The molecule has 0 saturated carbocycles. The van der Waals surface area contributed by atoms with E-state index in [2.05, 4.69) is 0 Å². The van der Waals surface area contributed by atoms with E-state index < -0.39 is 10.0 Å². The zero-order valence-electron chi connectivity index (χ0n) is 10.1. The van der Waals surface area contributed by atoms with Gasteiger partial charge in [-0.05, 0) is 37.5 Å². The van der Waals surface area contributed by atoms with Crippen molar-refractivity contribution in [3.63, 3.8) is 0 Å². The summed E-state index contributed by atoms with van der Waals surface area (Å²) in [6.45, 7) is 2.15. The maximum Gasteiger partial charge on any atom is 0.244 e. The molecule has 0 spiro atoms. The summed E-state index contributed by atoms with van der Waals surface area (Å²) in [6, 6.07) is 4.56. The molecule has 0 aliphatic carbocycles. The highest BCUT2D eigenvalue weighted by atomic mass is 35.5. The van der Waals surface area contributed by atoms with Crippen LogP contribution in [0, 0.1) is 6.92 Å². The van der Waals surface area contributed by atoms with Gasteiger partial charge in [0.05, 0.1) is 11.6 Å². The maximum absolute atomic E-state index is 12.5. The van der Waals surface area contributed by atoms with Crippen molar-refractivity contribution in [2.45, 2.75) is 30.7 Å². The van der Waals surface area contributed by atoms with E-state index in [-0.39, 0.29) is 22.6 Å². The van der Waals surface area contributed by atoms with Crippen molar-refractivity contribution >= 4 is 21.6 Å². The predicted octanol–water partition coefficient (Wildman–Crippen LogP) is 1.79. The Morgan fingerprint density at radius 1 is 1.50 bits per heavy atom. The number of sulfonamides is 1. The van der Waals surface area contributed by atoms with Gasteiger partial charge in [-0.15, -0.1) is 0 Å². The lowest BCUT2D eigenvalue weighted by molar-refractivity contribution is 0.213. The number of aliphatic hydroxyl groups excluding tert-OH is 1. The minimum atomic E-state index is -3.61. The van der Waals surface area contributed by atoms with Gasteiger partial charge in [0.2, 0.25) is 10.0 Å². The molecule has 0 aromatic heterocycles. The van der Waals surface area contributed by atoms with Gasteiger partial charge in [0, 0.05) is 12.6 Å². The number of aliphatic hydroxyl groups is 1. The van der Waals surface area contributed by atoms with Crippen molar-refractivity contribution in [1.82, 2.24) is 4.31 Å². The molecule has 1 aromatic carbocycles. The summed E-state index contributed by atoms with van der Waals surface area (Å²) in [5, 5.41) is 9.46. The molecule has 0 unspecified atom stereocenters. The summed E-state index contributed by atoms with van der Waals surface area (Å²) in [4.78, 5) is 0.120. The number of hydrogen-bond acceptors (Lipinski definition) is 3. The van der Waals surface area contributed by atoms with Gasteiger partial charge in [0.15, 0.2) is 0 Å². The van der Waals surface area contributed by atoms with Gasteiger partial charge < -0.3 is 5.11 Å². The van der Waals surface area contributed by atoms with Crippen LogP contribution in [0.5, 0.6) is 0 Å². The Morgan fingerprint density at radius 3 is 2.83 bits per heavy atom. The molecule has 2 rings (SSSR count). The molecule has 1 fully saturated rings. The molecule has 1 aliphatic heterocycles. The lowest BCUT2D eigenvalue weighted by atomic mass is 10.2. The van der Waals surface area contributed by atoms with E-state index in [1.165, 1.54) is 10.4 Å². The van der Waals surface area contributed by atoms with Crippen LogP contribution in [0.4, 0.5) is 0 Å². The van der Waals surface area contributed by atoms with Gasteiger partial charge in [-0.3, -0.25) is 0 Å². The fourth-order valence-electron chi connectivity index (χ4n) is 2.25. The minimum absolute atomic E-state index is 0.120. The molecule has 1 aromatic rings. The van der Waals surface area contributed by atoms with Crippen LogP contribution in [0.2, 0.25) is 5.02 Å². The first-order chi connectivity index (χ1) is 8.46. The Morgan fingerprint density at radius 2 is 2.22 bits per heavy atom. The highest BCUT2D eigenvalue weighted by molar-refractivity contribution is 7.89. The van der Waals surface area contributed by atoms with Gasteiger partial charge >= 0.3 is 0 Å². The first-order valence-electron chi connectivity index (χ1n) is 5.85. The van der Waals surface area contributed by atoms with Crippen LogP contribution in [0.15, 0.2) is 23.1 Å². The fraction of sp³-hybridized carbons (Fsp3) is 0.500. The van der Waals surface area contributed by atoms with E-state index in [0.717, 1.165) is 12.0 Å². The van der Waals surface area contributed by atoms with Crippen LogP contribution in [0.3, 0.4) is 0 Å². The average molecular weight is 290 g/mol. The van der Waals surface area contributed by atoms with Gasteiger partial charge in [0.25, 0.3) is 0 Å². The molecule has 1 saturated heterocycles. The molecule has 18 heavy (non-hydrogen) atoms. The summed E-state index contributed by atoms with van der Waals surface area (Å²) >= 11 is 6.02. The first kappa shape index (κ1) is 13.8. The van der Waals surface area contributed by atoms with E-state index in [1.54, 1.807) is 12.1 Å². The Kier molecular flexibility index (Phi) is 3.96. The molecule has 0 amide bonds. The molecule has 0 bridgehead atoms. The Bertz CT molecular complexity index is 544.